The highest BCUT2D eigenvalue weighted by Gasteiger charge is 2.25. The van der Waals surface area contributed by atoms with Gasteiger partial charge in [-0.1, -0.05) is 84.9 Å². The molecule has 1 saturated heterocycles. The van der Waals surface area contributed by atoms with Gasteiger partial charge in [0.05, 0.1) is 6.04 Å². The molecule has 1 heterocycles. The van der Waals surface area contributed by atoms with Crippen LogP contribution in [0.15, 0.2) is 97.1 Å². The molecule has 0 aliphatic carbocycles. The summed E-state index contributed by atoms with van der Waals surface area (Å²) in [6.45, 7) is 4.68. The average molecular weight is 409 g/mol. The second kappa shape index (κ2) is 9.34. The molecule has 31 heavy (non-hydrogen) atoms. The molecular weight excluding hydrogens is 380 g/mol. The van der Waals surface area contributed by atoms with Gasteiger partial charge in [0, 0.05) is 26.2 Å². The summed E-state index contributed by atoms with van der Waals surface area (Å²) < 4.78 is 6.16. The van der Waals surface area contributed by atoms with Crippen molar-refractivity contribution < 1.29 is 4.74 Å². The lowest BCUT2D eigenvalue weighted by Crippen LogP contribution is -2.45. The molecule has 0 radical (unpaired) electrons. The zero-order chi connectivity index (χ0) is 20.9. The number of nitrogens with zero attached hydrogens (tertiary/aromatic N) is 1. The van der Waals surface area contributed by atoms with E-state index in [9.17, 15) is 0 Å². The number of benzene rings is 4. The van der Waals surface area contributed by atoms with Crippen LogP contribution in [0.2, 0.25) is 0 Å². The quantitative estimate of drug-likeness (QED) is 0.461. The molecule has 1 unspecified atom stereocenters. The summed E-state index contributed by atoms with van der Waals surface area (Å²) in [5, 5.41) is 6.10. The molecule has 3 heteroatoms. The molecule has 1 N–H and O–H groups in total. The topological polar surface area (TPSA) is 24.5 Å². The predicted molar refractivity (Wildman–Crippen MR) is 127 cm³/mol. The molecule has 1 aliphatic heterocycles. The summed E-state index contributed by atoms with van der Waals surface area (Å²) in [6.07, 6.45) is 0. The SMILES string of the molecule is c1ccc(COc2cccc(C(c3cccc4ccccc34)N3CCNCC3)c2)cc1. The van der Waals surface area contributed by atoms with E-state index in [2.05, 4.69) is 101 Å². The smallest absolute Gasteiger partial charge is 0.120 e. The fourth-order valence-electron chi connectivity index (χ4n) is 4.53. The van der Waals surface area contributed by atoms with Gasteiger partial charge in [0.15, 0.2) is 0 Å². The number of ether oxygens (including phenoxy) is 1. The van der Waals surface area contributed by atoms with Crippen LogP contribution in [0.3, 0.4) is 0 Å². The molecule has 156 valence electrons. The van der Waals surface area contributed by atoms with Crippen molar-refractivity contribution in [3.8, 4) is 5.75 Å². The van der Waals surface area contributed by atoms with Crippen LogP contribution in [0.1, 0.15) is 22.7 Å². The van der Waals surface area contributed by atoms with Crippen molar-refractivity contribution in [1.29, 1.82) is 0 Å². The lowest BCUT2D eigenvalue weighted by atomic mass is 9.92. The Bertz CT molecular complexity index is 1130. The Hall–Kier alpha value is -3.14. The van der Waals surface area contributed by atoms with Crippen LogP contribution in [0.5, 0.6) is 5.75 Å². The van der Waals surface area contributed by atoms with Gasteiger partial charge in [-0.25, -0.2) is 0 Å². The Morgan fingerprint density at radius 3 is 2.39 bits per heavy atom. The minimum absolute atomic E-state index is 0.202. The number of nitrogens with one attached hydrogen (secondary N) is 1. The number of rotatable bonds is 6. The number of piperazine rings is 1. The Labute approximate surface area is 184 Å². The van der Waals surface area contributed by atoms with Crippen molar-refractivity contribution in [2.75, 3.05) is 26.2 Å². The maximum absolute atomic E-state index is 6.16. The zero-order valence-electron chi connectivity index (χ0n) is 17.7. The maximum atomic E-state index is 6.16. The third-order valence-corrected chi connectivity index (χ3v) is 6.06. The number of fused-ring (bicyclic) bond motifs is 1. The first-order valence-corrected chi connectivity index (χ1v) is 11.1. The van der Waals surface area contributed by atoms with E-state index in [1.54, 1.807) is 0 Å². The summed E-state index contributed by atoms with van der Waals surface area (Å²) in [6, 6.07) is 34.6. The first kappa shape index (κ1) is 19.8. The van der Waals surface area contributed by atoms with Crippen LogP contribution >= 0.6 is 0 Å². The normalized spacial score (nSPS) is 15.6. The van der Waals surface area contributed by atoms with E-state index in [1.165, 1.54) is 27.5 Å². The van der Waals surface area contributed by atoms with Crippen molar-refractivity contribution in [3.05, 3.63) is 114 Å². The standard InChI is InChI=1S/C28H28N2O/c1-2-8-22(9-3-1)21-31-25-13-6-12-24(20-25)28(30-18-16-29-17-19-30)27-15-7-11-23-10-4-5-14-26(23)27/h1-15,20,28-29H,16-19,21H2. The van der Waals surface area contributed by atoms with Gasteiger partial charge in [-0.05, 0) is 39.6 Å². The zero-order valence-corrected chi connectivity index (χ0v) is 17.7. The summed E-state index contributed by atoms with van der Waals surface area (Å²) in [4.78, 5) is 2.59. The molecule has 0 saturated carbocycles. The van der Waals surface area contributed by atoms with Gasteiger partial charge in [-0.2, -0.15) is 0 Å². The van der Waals surface area contributed by atoms with Crippen LogP contribution in [-0.4, -0.2) is 31.1 Å². The van der Waals surface area contributed by atoms with E-state index in [4.69, 9.17) is 4.74 Å². The number of hydrogen-bond donors (Lipinski definition) is 1. The second-order valence-electron chi connectivity index (χ2n) is 8.10. The van der Waals surface area contributed by atoms with Crippen molar-refractivity contribution >= 4 is 10.8 Å². The van der Waals surface area contributed by atoms with Gasteiger partial charge >= 0.3 is 0 Å². The summed E-state index contributed by atoms with van der Waals surface area (Å²) in [5.74, 6) is 0.918. The van der Waals surface area contributed by atoms with Gasteiger partial charge in [-0.3, -0.25) is 4.90 Å². The predicted octanol–water partition coefficient (Wildman–Crippen LogP) is 5.41. The summed E-state index contributed by atoms with van der Waals surface area (Å²) in [7, 11) is 0. The van der Waals surface area contributed by atoms with Crippen molar-refractivity contribution in [3.63, 3.8) is 0 Å². The van der Waals surface area contributed by atoms with Gasteiger partial charge < -0.3 is 10.1 Å². The van der Waals surface area contributed by atoms with Gasteiger partial charge in [0.25, 0.3) is 0 Å². The van der Waals surface area contributed by atoms with Gasteiger partial charge in [-0.15, -0.1) is 0 Å². The molecule has 3 nitrogen and oxygen atoms in total. The van der Waals surface area contributed by atoms with E-state index in [1.807, 2.05) is 6.07 Å². The molecule has 0 bridgehead atoms. The van der Waals surface area contributed by atoms with E-state index in [0.717, 1.165) is 31.9 Å². The molecule has 0 amide bonds. The van der Waals surface area contributed by atoms with Crippen LogP contribution < -0.4 is 10.1 Å². The van der Waals surface area contributed by atoms with Crippen LogP contribution in [0, 0.1) is 0 Å². The Morgan fingerprint density at radius 2 is 1.52 bits per heavy atom. The van der Waals surface area contributed by atoms with Crippen LogP contribution in [0.25, 0.3) is 10.8 Å². The van der Waals surface area contributed by atoms with E-state index in [-0.39, 0.29) is 6.04 Å². The Morgan fingerprint density at radius 1 is 0.774 bits per heavy atom. The molecule has 1 aliphatic rings. The Kier molecular flexibility index (Phi) is 5.96. The van der Waals surface area contributed by atoms with Gasteiger partial charge in [0.1, 0.15) is 12.4 Å². The van der Waals surface area contributed by atoms with Crippen molar-refractivity contribution in [1.82, 2.24) is 10.2 Å². The van der Waals surface area contributed by atoms with Gasteiger partial charge in [0.2, 0.25) is 0 Å². The third kappa shape index (κ3) is 4.48. The molecule has 0 aromatic heterocycles. The summed E-state index contributed by atoms with van der Waals surface area (Å²) in [5.41, 5.74) is 3.82. The second-order valence-corrected chi connectivity index (χ2v) is 8.10. The molecule has 0 spiro atoms. The first-order chi connectivity index (χ1) is 15.4. The lowest BCUT2D eigenvalue weighted by Gasteiger charge is -2.36. The monoisotopic (exact) mass is 408 g/mol. The van der Waals surface area contributed by atoms with E-state index >= 15 is 0 Å². The molecule has 1 atom stereocenters. The molecular formula is C28H28N2O. The van der Waals surface area contributed by atoms with Crippen LogP contribution in [0.4, 0.5) is 0 Å². The average Bonchev–Trinajstić information content (AvgIpc) is 2.85. The molecule has 1 fully saturated rings. The largest absolute Gasteiger partial charge is 0.489 e. The Balaban J connectivity index is 1.51. The van der Waals surface area contributed by atoms with Crippen LogP contribution in [-0.2, 0) is 6.61 Å². The van der Waals surface area contributed by atoms with Crippen molar-refractivity contribution in [2.24, 2.45) is 0 Å². The molecule has 4 aromatic rings. The summed E-state index contributed by atoms with van der Waals surface area (Å²) >= 11 is 0. The third-order valence-electron chi connectivity index (χ3n) is 6.06. The molecule has 4 aromatic carbocycles. The lowest BCUT2D eigenvalue weighted by molar-refractivity contribution is 0.199. The minimum atomic E-state index is 0.202. The number of hydrogen-bond acceptors (Lipinski definition) is 3. The fraction of sp³-hybridized carbons (Fsp3) is 0.214. The van der Waals surface area contributed by atoms with E-state index < -0.39 is 0 Å². The highest BCUT2D eigenvalue weighted by Crippen LogP contribution is 2.35. The van der Waals surface area contributed by atoms with Crippen molar-refractivity contribution in [2.45, 2.75) is 12.6 Å². The maximum Gasteiger partial charge on any atom is 0.120 e. The molecule has 5 rings (SSSR count). The minimum Gasteiger partial charge on any atom is -0.489 e. The van der Waals surface area contributed by atoms with E-state index in [0.29, 0.717) is 6.61 Å². The highest BCUT2D eigenvalue weighted by molar-refractivity contribution is 5.86. The fourth-order valence-corrected chi connectivity index (χ4v) is 4.53. The first-order valence-electron chi connectivity index (χ1n) is 11.1. The highest BCUT2D eigenvalue weighted by atomic mass is 16.5.